The van der Waals surface area contributed by atoms with Crippen molar-refractivity contribution in [2.45, 2.75) is 44.4 Å². The molecule has 3 aliphatic rings. The van der Waals surface area contributed by atoms with Crippen LogP contribution in [0.2, 0.25) is 0 Å². The second kappa shape index (κ2) is 7.82. The smallest absolute Gasteiger partial charge is 0.175 e. The van der Waals surface area contributed by atoms with E-state index < -0.39 is 5.92 Å². The van der Waals surface area contributed by atoms with E-state index in [4.69, 9.17) is 21.3 Å². The first-order chi connectivity index (χ1) is 13.0. The Morgan fingerprint density at radius 3 is 2.78 bits per heavy atom. The number of ketones is 2. The predicted octanol–water partition coefficient (Wildman–Crippen LogP) is 4.60. The fourth-order valence-corrected chi connectivity index (χ4v) is 5.14. The summed E-state index contributed by atoms with van der Waals surface area (Å²) in [7, 11) is 0. The Morgan fingerprint density at radius 1 is 1.30 bits per heavy atom. The van der Waals surface area contributed by atoms with Crippen LogP contribution in [0.25, 0.3) is 0 Å². The van der Waals surface area contributed by atoms with Crippen LogP contribution in [-0.4, -0.2) is 29.8 Å². The first-order valence-electron chi connectivity index (χ1n) is 9.39. The highest BCUT2D eigenvalue weighted by molar-refractivity contribution is 7.11. The lowest BCUT2D eigenvalue weighted by atomic mass is 9.95. The largest absolute Gasteiger partial charge is 0.381 e. The number of nitrogens with zero attached hydrogens (tertiary/aromatic N) is 1. The van der Waals surface area contributed by atoms with Crippen LogP contribution >= 0.6 is 22.9 Å². The molecule has 1 aliphatic heterocycles. The molecule has 2 atom stereocenters. The fourth-order valence-electron chi connectivity index (χ4n) is 3.93. The highest BCUT2D eigenvalue weighted by atomic mass is 35.5. The maximum absolute atomic E-state index is 13.0. The van der Waals surface area contributed by atoms with Crippen molar-refractivity contribution in [1.29, 1.82) is 0 Å². The monoisotopic (exact) mass is 403 g/mol. The molecule has 2 unspecified atom stereocenters. The van der Waals surface area contributed by atoms with Crippen LogP contribution in [-0.2, 0) is 14.3 Å². The third kappa shape index (κ3) is 3.86. The van der Waals surface area contributed by atoms with Gasteiger partial charge in [-0.1, -0.05) is 29.8 Å². The van der Waals surface area contributed by atoms with Gasteiger partial charge in [-0.05, 0) is 43.8 Å². The highest BCUT2D eigenvalue weighted by Gasteiger charge is 2.41. The Bertz CT molecular complexity index is 861. The SMILES string of the molecule is Cc1sc(C2C=CC(Cl)=CC2)nc1C1C(=O)C/C(=C\C2CCOCC2)C1=O. The van der Waals surface area contributed by atoms with Gasteiger partial charge in [0.25, 0.3) is 0 Å². The molecule has 2 aliphatic carbocycles. The molecule has 0 radical (unpaired) electrons. The van der Waals surface area contributed by atoms with Crippen LogP contribution in [0.5, 0.6) is 0 Å². The molecule has 0 spiro atoms. The second-order valence-corrected chi connectivity index (χ2v) is 9.04. The standard InChI is InChI=1S/C21H22ClNO3S/c1-12-19(23-21(27-12)14-2-4-16(22)5-3-14)18-17(24)11-15(20(18)25)10-13-6-8-26-9-7-13/h2,4-5,10,13-14,18H,3,6-9,11H2,1H3/b15-10+. The summed E-state index contributed by atoms with van der Waals surface area (Å²) >= 11 is 7.57. The number of halogens is 1. The molecule has 1 aromatic rings. The number of rotatable bonds is 3. The zero-order chi connectivity index (χ0) is 19.0. The average molecular weight is 404 g/mol. The van der Waals surface area contributed by atoms with E-state index in [0.717, 1.165) is 47.4 Å². The summed E-state index contributed by atoms with van der Waals surface area (Å²) in [5, 5.41) is 1.69. The summed E-state index contributed by atoms with van der Waals surface area (Å²) in [6, 6.07) is 0. The maximum atomic E-state index is 13.0. The number of allylic oxidation sites excluding steroid dienone is 6. The minimum absolute atomic E-state index is 0.0274. The van der Waals surface area contributed by atoms with E-state index in [0.29, 0.717) is 17.2 Å². The van der Waals surface area contributed by atoms with Gasteiger partial charge in [0.05, 0.1) is 5.69 Å². The van der Waals surface area contributed by atoms with Crippen molar-refractivity contribution in [3.63, 3.8) is 0 Å². The van der Waals surface area contributed by atoms with E-state index in [1.54, 1.807) is 11.3 Å². The molecule has 1 saturated carbocycles. The summed E-state index contributed by atoms with van der Waals surface area (Å²) in [4.78, 5) is 31.3. The van der Waals surface area contributed by atoms with E-state index >= 15 is 0 Å². The lowest BCUT2D eigenvalue weighted by Crippen LogP contribution is -2.16. The lowest BCUT2D eigenvalue weighted by molar-refractivity contribution is -0.123. The normalized spacial score (nSPS) is 28.2. The van der Waals surface area contributed by atoms with Gasteiger partial charge in [0.2, 0.25) is 0 Å². The Hall–Kier alpha value is -1.56. The second-order valence-electron chi connectivity index (χ2n) is 7.37. The van der Waals surface area contributed by atoms with Crippen LogP contribution in [0.4, 0.5) is 0 Å². The minimum atomic E-state index is -0.729. The van der Waals surface area contributed by atoms with E-state index in [2.05, 4.69) is 0 Å². The van der Waals surface area contributed by atoms with Gasteiger partial charge in [-0.15, -0.1) is 11.3 Å². The average Bonchev–Trinajstić information content (AvgIpc) is 3.16. The summed E-state index contributed by atoms with van der Waals surface area (Å²) in [5.74, 6) is -0.323. The molecular weight excluding hydrogens is 382 g/mol. The van der Waals surface area contributed by atoms with E-state index in [-0.39, 0.29) is 23.9 Å². The van der Waals surface area contributed by atoms with E-state index in [9.17, 15) is 9.59 Å². The van der Waals surface area contributed by atoms with Crippen LogP contribution in [0, 0.1) is 12.8 Å². The Balaban J connectivity index is 1.56. The molecule has 0 bridgehead atoms. The number of aryl methyl sites for hydroxylation is 1. The zero-order valence-electron chi connectivity index (χ0n) is 15.2. The molecule has 0 amide bonds. The molecule has 0 N–H and O–H groups in total. The van der Waals surface area contributed by atoms with Crippen molar-refractivity contribution in [2.24, 2.45) is 5.92 Å². The first kappa shape index (κ1) is 18.8. The molecule has 2 fully saturated rings. The van der Waals surface area contributed by atoms with Gasteiger partial charge in [-0.3, -0.25) is 9.59 Å². The molecule has 0 aromatic carbocycles. The Labute approximate surface area is 168 Å². The van der Waals surface area contributed by atoms with Crippen LogP contribution in [0.15, 0.2) is 34.9 Å². The number of ether oxygens (including phenoxy) is 1. The number of Topliss-reactive ketones (excluding diaryl/α,β-unsaturated/α-hetero) is 2. The van der Waals surface area contributed by atoms with Gasteiger partial charge in [0, 0.05) is 35.5 Å². The molecule has 2 heterocycles. The van der Waals surface area contributed by atoms with Gasteiger partial charge in [-0.25, -0.2) is 4.98 Å². The number of hydrogen-bond donors (Lipinski definition) is 0. The molecule has 27 heavy (non-hydrogen) atoms. The highest BCUT2D eigenvalue weighted by Crippen LogP contribution is 2.39. The molecule has 142 valence electrons. The van der Waals surface area contributed by atoms with Crippen LogP contribution < -0.4 is 0 Å². The zero-order valence-corrected chi connectivity index (χ0v) is 16.8. The van der Waals surface area contributed by atoms with Crippen molar-refractivity contribution < 1.29 is 14.3 Å². The Morgan fingerprint density at radius 2 is 2.07 bits per heavy atom. The van der Waals surface area contributed by atoms with Crippen molar-refractivity contribution >= 4 is 34.5 Å². The summed E-state index contributed by atoms with van der Waals surface area (Å²) in [5.41, 5.74) is 1.31. The first-order valence-corrected chi connectivity index (χ1v) is 10.6. The van der Waals surface area contributed by atoms with Crippen molar-refractivity contribution in [2.75, 3.05) is 13.2 Å². The maximum Gasteiger partial charge on any atom is 0.175 e. The van der Waals surface area contributed by atoms with Crippen molar-refractivity contribution in [3.05, 3.63) is 50.5 Å². The number of hydrogen-bond acceptors (Lipinski definition) is 5. The van der Waals surface area contributed by atoms with Gasteiger partial charge in [0.1, 0.15) is 10.9 Å². The molecule has 1 saturated heterocycles. The lowest BCUT2D eigenvalue weighted by Gasteiger charge is -2.19. The van der Waals surface area contributed by atoms with Gasteiger partial charge in [0.15, 0.2) is 11.6 Å². The van der Waals surface area contributed by atoms with E-state index in [1.807, 2.05) is 31.2 Å². The predicted molar refractivity (Wildman–Crippen MR) is 106 cm³/mol. The van der Waals surface area contributed by atoms with Crippen LogP contribution in [0.1, 0.15) is 53.1 Å². The number of aromatic nitrogens is 1. The van der Waals surface area contributed by atoms with Gasteiger partial charge >= 0.3 is 0 Å². The fraction of sp³-hybridized carbons (Fsp3) is 0.476. The topological polar surface area (TPSA) is 56.3 Å². The third-order valence-corrected chi connectivity index (χ3v) is 6.86. The summed E-state index contributed by atoms with van der Waals surface area (Å²) in [6.45, 7) is 3.40. The summed E-state index contributed by atoms with van der Waals surface area (Å²) < 4.78 is 5.38. The molecule has 4 nitrogen and oxygen atoms in total. The molecule has 6 heteroatoms. The molecule has 1 aromatic heterocycles. The quantitative estimate of drug-likeness (QED) is 0.546. The van der Waals surface area contributed by atoms with Gasteiger partial charge < -0.3 is 4.74 Å². The Kier molecular flexibility index (Phi) is 5.44. The third-order valence-electron chi connectivity index (χ3n) is 5.46. The van der Waals surface area contributed by atoms with Crippen LogP contribution in [0.3, 0.4) is 0 Å². The molecular formula is C21H22ClNO3S. The van der Waals surface area contributed by atoms with E-state index in [1.165, 1.54) is 0 Å². The van der Waals surface area contributed by atoms with Crippen molar-refractivity contribution in [3.8, 4) is 0 Å². The summed E-state index contributed by atoms with van der Waals surface area (Å²) in [6.07, 6.45) is 10.8. The van der Waals surface area contributed by atoms with Crippen molar-refractivity contribution in [1.82, 2.24) is 4.98 Å². The van der Waals surface area contributed by atoms with Gasteiger partial charge in [-0.2, -0.15) is 0 Å². The number of carbonyl (C=O) groups is 2. The number of carbonyl (C=O) groups excluding carboxylic acids is 2. The minimum Gasteiger partial charge on any atom is -0.381 e. The molecule has 4 rings (SSSR count). The number of thiazole rings is 1.